The summed E-state index contributed by atoms with van der Waals surface area (Å²) >= 11 is 1.73. The molecule has 1 atom stereocenters. The Labute approximate surface area is 145 Å². The summed E-state index contributed by atoms with van der Waals surface area (Å²) in [4.78, 5) is 6.89. The largest absolute Gasteiger partial charge is 0.300 e. The average Bonchev–Trinajstić information content (AvgIpc) is 3.19. The fourth-order valence-electron chi connectivity index (χ4n) is 2.71. The molecule has 0 saturated heterocycles. The highest BCUT2D eigenvalue weighted by Gasteiger charge is 2.32. The van der Waals surface area contributed by atoms with Crippen LogP contribution in [0, 0.1) is 13.8 Å². The van der Waals surface area contributed by atoms with Gasteiger partial charge < -0.3 is 0 Å². The second kappa shape index (κ2) is 6.18. The van der Waals surface area contributed by atoms with Gasteiger partial charge in [0.1, 0.15) is 12.7 Å². The van der Waals surface area contributed by atoms with E-state index in [2.05, 4.69) is 62.2 Å². The molecular formula is C17H19N6S+. The van der Waals surface area contributed by atoms with Crippen LogP contribution in [-0.4, -0.2) is 26.9 Å². The van der Waals surface area contributed by atoms with Crippen molar-refractivity contribution >= 4 is 23.6 Å². The number of nitrogens with zero attached hydrogens (tertiary/aromatic N) is 3. The minimum absolute atomic E-state index is 0.784. The van der Waals surface area contributed by atoms with Gasteiger partial charge in [0.25, 0.3) is 0 Å². The lowest BCUT2D eigenvalue weighted by molar-refractivity contribution is -0.699. The van der Waals surface area contributed by atoms with Crippen molar-refractivity contribution in [2.45, 2.75) is 18.7 Å². The number of anilines is 1. The van der Waals surface area contributed by atoms with E-state index in [-0.39, 0.29) is 0 Å². The van der Waals surface area contributed by atoms with Crippen LogP contribution in [0.5, 0.6) is 0 Å². The first kappa shape index (κ1) is 15.0. The lowest BCUT2D eigenvalue weighted by atomic mass is 10.2. The molecule has 0 spiro atoms. The van der Waals surface area contributed by atoms with Crippen LogP contribution in [0.4, 0.5) is 5.82 Å². The molecule has 1 aromatic heterocycles. The van der Waals surface area contributed by atoms with Gasteiger partial charge in [-0.1, -0.05) is 18.2 Å². The summed E-state index contributed by atoms with van der Waals surface area (Å²) < 4.78 is 2.21. The van der Waals surface area contributed by atoms with Crippen LogP contribution in [0.2, 0.25) is 0 Å². The number of H-pyrrole nitrogens is 1. The number of aliphatic imine (C=N–C) groups is 1. The number of aromatic amines is 1. The predicted molar refractivity (Wildman–Crippen MR) is 96.3 cm³/mol. The first-order valence-corrected chi connectivity index (χ1v) is 8.58. The average molecular weight is 339 g/mol. The molecule has 3 N–H and O–H groups in total. The Kier molecular flexibility index (Phi) is 3.87. The maximum Gasteiger partial charge on any atom is 0.233 e. The summed E-state index contributed by atoms with van der Waals surface area (Å²) in [5.74, 6) is 2.91. The van der Waals surface area contributed by atoms with Gasteiger partial charge in [0.15, 0.2) is 5.82 Å². The van der Waals surface area contributed by atoms with Gasteiger partial charge in [-0.2, -0.15) is 5.10 Å². The smallest absolute Gasteiger partial charge is 0.233 e. The van der Waals surface area contributed by atoms with Crippen molar-refractivity contribution < 1.29 is 4.90 Å². The minimum Gasteiger partial charge on any atom is -0.300 e. The van der Waals surface area contributed by atoms with Gasteiger partial charge in [-0.25, -0.2) is 9.89 Å². The van der Waals surface area contributed by atoms with Crippen LogP contribution in [-0.2, 0) is 0 Å². The van der Waals surface area contributed by atoms with E-state index < -0.39 is 0 Å². The van der Waals surface area contributed by atoms with Gasteiger partial charge in [-0.05, 0) is 37.4 Å². The van der Waals surface area contributed by atoms with E-state index in [4.69, 9.17) is 0 Å². The lowest BCUT2D eigenvalue weighted by Gasteiger charge is -2.28. The number of hydrogen-bond acceptors (Lipinski definition) is 5. The monoisotopic (exact) mass is 339 g/mol. The third-order valence-electron chi connectivity index (χ3n) is 3.93. The van der Waals surface area contributed by atoms with Crippen LogP contribution in [0.1, 0.15) is 11.3 Å². The van der Waals surface area contributed by atoms with E-state index in [1.54, 1.807) is 11.9 Å². The number of rotatable bonds is 4. The van der Waals surface area contributed by atoms with Crippen molar-refractivity contribution in [1.29, 1.82) is 0 Å². The third-order valence-corrected chi connectivity index (χ3v) is 5.05. The van der Waals surface area contributed by atoms with Gasteiger partial charge in [0.05, 0.1) is 12.4 Å². The fraction of sp³-hybridized carbons (Fsp3) is 0.176. The van der Waals surface area contributed by atoms with Crippen molar-refractivity contribution in [2.24, 2.45) is 4.99 Å². The van der Waals surface area contributed by atoms with Gasteiger partial charge in [0, 0.05) is 16.7 Å². The summed E-state index contributed by atoms with van der Waals surface area (Å²) in [5.41, 5.74) is 2.30. The second-order valence-electron chi connectivity index (χ2n) is 5.84. The number of nitrogens with one attached hydrogen (secondary N) is 3. The summed E-state index contributed by atoms with van der Waals surface area (Å²) in [6.45, 7) is 4.91. The van der Waals surface area contributed by atoms with Crippen LogP contribution >= 0.6 is 11.9 Å². The van der Waals surface area contributed by atoms with E-state index in [1.807, 2.05) is 25.4 Å². The topological polar surface area (TPSA) is 60.8 Å². The summed E-state index contributed by atoms with van der Waals surface area (Å²) in [7, 11) is 0. The summed E-state index contributed by atoms with van der Waals surface area (Å²) in [6.07, 6.45) is 6.03. The predicted octanol–water partition coefficient (Wildman–Crippen LogP) is 2.03. The Balaban J connectivity index is 1.60. The van der Waals surface area contributed by atoms with Crippen LogP contribution in [0.3, 0.4) is 0 Å². The molecule has 1 aromatic carbocycles. The molecule has 0 radical (unpaired) electrons. The molecule has 0 aliphatic carbocycles. The molecule has 0 amide bonds. The van der Waals surface area contributed by atoms with Gasteiger partial charge in [-0.15, -0.1) is 0 Å². The number of benzene rings is 1. The highest BCUT2D eigenvalue weighted by Crippen LogP contribution is 2.27. The minimum atomic E-state index is 0.784. The van der Waals surface area contributed by atoms with Crippen molar-refractivity contribution in [3.8, 4) is 0 Å². The Morgan fingerprint density at radius 2 is 2.17 bits per heavy atom. The zero-order valence-corrected chi connectivity index (χ0v) is 14.4. The lowest BCUT2D eigenvalue weighted by Crippen LogP contribution is -3.10. The highest BCUT2D eigenvalue weighted by molar-refractivity contribution is 7.97. The SMILES string of the molecule is Cc1cc(NC2=CN(Sc3ccccc3C)CC3=NC=C[NH+]23)n[nH]1. The zero-order chi connectivity index (χ0) is 16.5. The molecule has 2 aromatic rings. The third kappa shape index (κ3) is 2.95. The normalized spacial score (nSPS) is 19.1. The van der Waals surface area contributed by atoms with E-state index in [0.717, 1.165) is 34.6 Å². The second-order valence-corrected chi connectivity index (χ2v) is 6.93. The molecule has 0 fully saturated rings. The van der Waals surface area contributed by atoms with Crippen molar-refractivity contribution in [3.63, 3.8) is 0 Å². The fourth-order valence-corrected chi connectivity index (χ4v) is 3.66. The van der Waals surface area contributed by atoms with E-state index in [9.17, 15) is 0 Å². The first-order chi connectivity index (χ1) is 11.7. The van der Waals surface area contributed by atoms with Gasteiger partial charge in [-0.3, -0.25) is 14.7 Å². The molecule has 0 saturated carbocycles. The van der Waals surface area contributed by atoms with Crippen molar-refractivity contribution in [3.05, 3.63) is 66.0 Å². The molecule has 122 valence electrons. The Bertz CT molecular complexity index is 850. The molecule has 2 aliphatic heterocycles. The Hall–Kier alpha value is -2.51. The van der Waals surface area contributed by atoms with Gasteiger partial charge >= 0.3 is 0 Å². The molecule has 2 aliphatic rings. The van der Waals surface area contributed by atoms with Crippen LogP contribution < -0.4 is 10.2 Å². The zero-order valence-electron chi connectivity index (χ0n) is 13.6. The summed E-state index contributed by atoms with van der Waals surface area (Å²) in [6, 6.07) is 10.4. The highest BCUT2D eigenvalue weighted by atomic mass is 32.2. The van der Waals surface area contributed by atoms with Crippen LogP contribution in [0.15, 0.2) is 64.6 Å². The van der Waals surface area contributed by atoms with Crippen molar-refractivity contribution in [2.75, 3.05) is 11.9 Å². The number of quaternary nitrogens is 1. The molecule has 6 nitrogen and oxygen atoms in total. The number of aromatic nitrogens is 2. The molecule has 0 bridgehead atoms. The molecule has 3 heterocycles. The molecular weight excluding hydrogens is 320 g/mol. The quantitative estimate of drug-likeness (QED) is 0.746. The maximum absolute atomic E-state index is 4.50. The number of hydrogen-bond donors (Lipinski definition) is 3. The number of amidine groups is 1. The molecule has 7 heteroatoms. The first-order valence-electron chi connectivity index (χ1n) is 7.81. The Morgan fingerprint density at radius 1 is 1.29 bits per heavy atom. The van der Waals surface area contributed by atoms with Crippen molar-refractivity contribution in [1.82, 2.24) is 14.5 Å². The molecule has 24 heavy (non-hydrogen) atoms. The summed E-state index contributed by atoms with van der Waals surface area (Å²) in [5, 5.41) is 10.6. The van der Waals surface area contributed by atoms with E-state index in [1.165, 1.54) is 10.5 Å². The molecule has 1 unspecified atom stereocenters. The molecule has 4 rings (SSSR count). The van der Waals surface area contributed by atoms with Crippen LogP contribution in [0.25, 0.3) is 0 Å². The van der Waals surface area contributed by atoms with Gasteiger partial charge in [0.2, 0.25) is 11.7 Å². The van der Waals surface area contributed by atoms with E-state index >= 15 is 0 Å². The standard InChI is InChI=1S/C17H18N6S/c1-12-5-3-4-6-14(12)24-22-10-16-18-7-8-23(16)17(11-22)19-15-9-13(2)20-21-15/h3-9,11H,10H2,1-2H3,(H2,19,20,21)/p+1. The number of aryl methyl sites for hydroxylation is 2. The maximum atomic E-state index is 4.50. The Morgan fingerprint density at radius 3 is 2.96 bits per heavy atom. The van der Waals surface area contributed by atoms with E-state index in [0.29, 0.717) is 0 Å². The number of fused-ring (bicyclic) bond motifs is 1.